The van der Waals surface area contributed by atoms with E-state index in [0.717, 1.165) is 66.4 Å². The maximum atomic E-state index is 6.58. The molecule has 0 unspecified atom stereocenters. The maximum Gasteiger partial charge on any atom is 0.164 e. The fourth-order valence-corrected chi connectivity index (χ4v) is 8.87. The number of hydrogen-bond donors (Lipinski definition) is 0. The third-order valence-corrected chi connectivity index (χ3v) is 11.7. The zero-order valence-corrected chi connectivity index (χ0v) is 32.1. The van der Waals surface area contributed by atoms with Crippen molar-refractivity contribution < 1.29 is 4.42 Å². The molecule has 0 fully saturated rings. The van der Waals surface area contributed by atoms with Crippen molar-refractivity contribution in [3.8, 4) is 78.7 Å². The summed E-state index contributed by atoms with van der Waals surface area (Å²) in [7, 11) is 0. The molecule has 0 bridgehead atoms. The van der Waals surface area contributed by atoms with Crippen LogP contribution in [0.1, 0.15) is 25.0 Å². The third-order valence-electron chi connectivity index (χ3n) is 11.7. The van der Waals surface area contributed by atoms with Crippen molar-refractivity contribution in [3.63, 3.8) is 0 Å². The molecule has 0 spiro atoms. The number of aromatic nitrogens is 3. The van der Waals surface area contributed by atoms with E-state index >= 15 is 0 Å². The highest BCUT2D eigenvalue weighted by molar-refractivity contribution is 6.13. The summed E-state index contributed by atoms with van der Waals surface area (Å²) < 4.78 is 6.58. The lowest BCUT2D eigenvalue weighted by Gasteiger charge is -2.21. The molecule has 0 saturated heterocycles. The van der Waals surface area contributed by atoms with Crippen LogP contribution in [0.5, 0.6) is 0 Å². The zero-order valence-electron chi connectivity index (χ0n) is 32.1. The van der Waals surface area contributed by atoms with Crippen LogP contribution in [0.3, 0.4) is 0 Å². The molecule has 1 aliphatic rings. The summed E-state index contributed by atoms with van der Waals surface area (Å²) in [6.07, 6.45) is 0. The summed E-state index contributed by atoms with van der Waals surface area (Å²) >= 11 is 0. The van der Waals surface area contributed by atoms with Crippen molar-refractivity contribution in [2.45, 2.75) is 19.3 Å². The Morgan fingerprint density at radius 3 is 1.67 bits per heavy atom. The predicted octanol–water partition coefficient (Wildman–Crippen LogP) is 14.1. The smallest absolute Gasteiger partial charge is 0.164 e. The minimum absolute atomic E-state index is 0.150. The average Bonchev–Trinajstić information content (AvgIpc) is 3.78. The van der Waals surface area contributed by atoms with Gasteiger partial charge in [-0.3, -0.25) is 0 Å². The van der Waals surface area contributed by atoms with E-state index in [1.54, 1.807) is 0 Å². The van der Waals surface area contributed by atoms with E-state index < -0.39 is 0 Å². The second-order valence-corrected chi connectivity index (χ2v) is 15.6. The maximum absolute atomic E-state index is 6.58. The van der Waals surface area contributed by atoms with Crippen molar-refractivity contribution >= 4 is 21.9 Å². The Hall–Kier alpha value is -7.43. The molecule has 0 atom stereocenters. The molecule has 11 rings (SSSR count). The van der Waals surface area contributed by atoms with E-state index in [0.29, 0.717) is 17.5 Å². The summed E-state index contributed by atoms with van der Waals surface area (Å²) in [4.78, 5) is 15.8. The Balaban J connectivity index is 1.12. The molecule has 10 aromatic rings. The van der Waals surface area contributed by atoms with Crippen LogP contribution in [0.2, 0.25) is 0 Å². The minimum Gasteiger partial charge on any atom is -0.456 e. The second-order valence-electron chi connectivity index (χ2n) is 15.6. The lowest BCUT2D eigenvalue weighted by Crippen LogP contribution is -2.14. The quantitative estimate of drug-likeness (QED) is 0.170. The van der Waals surface area contributed by atoms with Gasteiger partial charge in [-0.05, 0) is 92.0 Å². The van der Waals surface area contributed by atoms with Gasteiger partial charge in [-0.25, -0.2) is 15.0 Å². The van der Waals surface area contributed by atoms with Crippen molar-refractivity contribution in [2.75, 3.05) is 0 Å². The highest BCUT2D eigenvalue weighted by atomic mass is 16.3. The lowest BCUT2D eigenvalue weighted by molar-refractivity contribution is 0.660. The van der Waals surface area contributed by atoms with Crippen molar-refractivity contribution in [3.05, 3.63) is 199 Å². The summed E-state index contributed by atoms with van der Waals surface area (Å²) in [6, 6.07) is 66.0. The molecule has 1 aliphatic carbocycles. The van der Waals surface area contributed by atoms with Crippen LogP contribution in [-0.2, 0) is 5.41 Å². The van der Waals surface area contributed by atoms with E-state index in [9.17, 15) is 0 Å². The Morgan fingerprint density at radius 2 is 0.914 bits per heavy atom. The van der Waals surface area contributed by atoms with Crippen LogP contribution < -0.4 is 0 Å². The fraction of sp³-hybridized carbons (Fsp3) is 0.0556. The first-order valence-electron chi connectivity index (χ1n) is 19.8. The topological polar surface area (TPSA) is 51.8 Å². The number of furan rings is 1. The van der Waals surface area contributed by atoms with Gasteiger partial charge >= 0.3 is 0 Å². The largest absolute Gasteiger partial charge is 0.456 e. The highest BCUT2D eigenvalue weighted by Gasteiger charge is 2.37. The first-order valence-corrected chi connectivity index (χ1v) is 19.8. The van der Waals surface area contributed by atoms with Gasteiger partial charge < -0.3 is 4.42 Å². The molecular weight excluding hydrogens is 707 g/mol. The SMILES string of the molecule is CC1(C)c2ccccc2-c2c(-c3nc(-c4ccccc4)nc(-c4cc(-c5ccccc5)cc(-c5ccc6c(c5)oc5cccc(-c7ccccc7)c56)c4)n3)cccc21. The monoisotopic (exact) mass is 743 g/mol. The minimum atomic E-state index is -0.150. The molecule has 8 aromatic carbocycles. The fourth-order valence-electron chi connectivity index (χ4n) is 8.87. The van der Waals surface area contributed by atoms with Crippen LogP contribution in [0.4, 0.5) is 0 Å². The molecule has 2 aromatic heterocycles. The highest BCUT2D eigenvalue weighted by Crippen LogP contribution is 2.51. The lowest BCUT2D eigenvalue weighted by atomic mass is 9.82. The van der Waals surface area contributed by atoms with Gasteiger partial charge in [0.15, 0.2) is 17.5 Å². The molecule has 58 heavy (non-hydrogen) atoms. The van der Waals surface area contributed by atoms with Gasteiger partial charge in [0.1, 0.15) is 11.2 Å². The van der Waals surface area contributed by atoms with E-state index in [-0.39, 0.29) is 5.41 Å². The molecule has 4 heteroatoms. The van der Waals surface area contributed by atoms with E-state index in [1.807, 2.05) is 18.2 Å². The second kappa shape index (κ2) is 13.4. The van der Waals surface area contributed by atoms with Gasteiger partial charge in [0.05, 0.1) is 0 Å². The summed E-state index contributed by atoms with van der Waals surface area (Å²) in [6.45, 7) is 4.61. The molecule has 2 heterocycles. The number of fused-ring (bicyclic) bond motifs is 6. The molecule has 0 N–H and O–H groups in total. The van der Waals surface area contributed by atoms with Crippen LogP contribution >= 0.6 is 0 Å². The van der Waals surface area contributed by atoms with Crippen LogP contribution in [0.15, 0.2) is 192 Å². The first-order chi connectivity index (χ1) is 28.5. The van der Waals surface area contributed by atoms with Gasteiger partial charge in [-0.1, -0.05) is 166 Å². The van der Waals surface area contributed by atoms with Gasteiger partial charge in [0.25, 0.3) is 0 Å². The van der Waals surface area contributed by atoms with E-state index in [1.165, 1.54) is 27.8 Å². The van der Waals surface area contributed by atoms with Gasteiger partial charge in [0, 0.05) is 32.9 Å². The van der Waals surface area contributed by atoms with Gasteiger partial charge in [-0.15, -0.1) is 0 Å². The Morgan fingerprint density at radius 1 is 0.362 bits per heavy atom. The molecule has 0 amide bonds. The van der Waals surface area contributed by atoms with E-state index in [2.05, 4.69) is 184 Å². The molecule has 0 saturated carbocycles. The van der Waals surface area contributed by atoms with Crippen molar-refractivity contribution in [2.24, 2.45) is 0 Å². The third kappa shape index (κ3) is 5.56. The van der Waals surface area contributed by atoms with Crippen LogP contribution in [-0.4, -0.2) is 15.0 Å². The number of nitrogens with zero attached hydrogens (tertiary/aromatic N) is 3. The van der Waals surface area contributed by atoms with Gasteiger partial charge in [0.2, 0.25) is 0 Å². The number of hydrogen-bond acceptors (Lipinski definition) is 4. The Kier molecular flexibility index (Phi) is 7.80. The molecule has 274 valence electrons. The predicted molar refractivity (Wildman–Crippen MR) is 237 cm³/mol. The molecular formula is C54H37N3O. The van der Waals surface area contributed by atoms with Crippen molar-refractivity contribution in [1.82, 2.24) is 15.0 Å². The first kappa shape index (κ1) is 33.9. The Labute approximate surface area is 337 Å². The average molecular weight is 744 g/mol. The Bertz CT molecular complexity index is 3180. The van der Waals surface area contributed by atoms with E-state index in [4.69, 9.17) is 19.4 Å². The number of rotatable bonds is 6. The summed E-state index contributed by atoms with van der Waals surface area (Å²) in [5, 5.41) is 2.21. The molecule has 0 aliphatic heterocycles. The zero-order chi connectivity index (χ0) is 38.8. The normalized spacial score (nSPS) is 12.8. The van der Waals surface area contributed by atoms with Gasteiger partial charge in [-0.2, -0.15) is 0 Å². The molecule has 4 nitrogen and oxygen atoms in total. The standard InChI is InChI=1S/C54H37N3O/c1-54(2)45-25-13-12-22-42(45)49-44(24-14-26-46(49)54)53-56-51(36-20-10-5-11-21-36)55-52(57-53)40-31-38(34-16-6-3-7-17-34)30-39(32-40)37-28-29-43-48(33-37)58-47-27-15-23-41(50(43)47)35-18-8-4-9-19-35/h3-33H,1-2H3. The summed E-state index contributed by atoms with van der Waals surface area (Å²) in [5.74, 6) is 1.90. The molecule has 0 radical (unpaired) electrons. The van der Waals surface area contributed by atoms with Crippen LogP contribution in [0, 0.1) is 0 Å². The number of benzene rings is 8. The van der Waals surface area contributed by atoms with Crippen molar-refractivity contribution in [1.29, 1.82) is 0 Å². The van der Waals surface area contributed by atoms with Crippen LogP contribution in [0.25, 0.3) is 101 Å². The summed E-state index contributed by atoms with van der Waals surface area (Å²) in [5.41, 5.74) is 16.0.